The number of hydrogen-bond donors (Lipinski definition) is 3. The Labute approximate surface area is 167 Å². The standard InChI is InChI=1S/C19H24N4O6/c1-11-15-14(29-17(11)18(24)21-8-13-10-27-6-7-28-13)3-2-12-9-23(22-16(12)15)5-4-20-19(25)26/h9,13,20H,2-8,10H2,1H3,(H,21,24)(H,25,26)/t13-/m1/s1. The first-order chi connectivity index (χ1) is 14.0. The highest BCUT2D eigenvalue weighted by Gasteiger charge is 2.30. The van der Waals surface area contributed by atoms with Crippen molar-refractivity contribution in [3.05, 3.63) is 28.8 Å². The van der Waals surface area contributed by atoms with E-state index in [4.69, 9.17) is 19.0 Å². The molecule has 2 aliphatic rings. The van der Waals surface area contributed by atoms with Crippen molar-refractivity contribution in [3.63, 3.8) is 0 Å². The van der Waals surface area contributed by atoms with Gasteiger partial charge in [-0.3, -0.25) is 9.48 Å². The summed E-state index contributed by atoms with van der Waals surface area (Å²) in [6, 6.07) is 0. The molecule has 0 saturated carbocycles. The van der Waals surface area contributed by atoms with Crippen molar-refractivity contribution < 1.29 is 28.6 Å². The summed E-state index contributed by atoms with van der Waals surface area (Å²) in [5.74, 6) is 0.769. The van der Waals surface area contributed by atoms with E-state index < -0.39 is 6.09 Å². The van der Waals surface area contributed by atoms with Gasteiger partial charge in [0, 0.05) is 36.8 Å². The Hall–Kier alpha value is -2.85. The van der Waals surface area contributed by atoms with Crippen molar-refractivity contribution in [2.24, 2.45) is 0 Å². The second kappa shape index (κ2) is 8.26. The minimum absolute atomic E-state index is 0.153. The number of aryl methyl sites for hydroxylation is 2. The summed E-state index contributed by atoms with van der Waals surface area (Å²) in [6.45, 7) is 4.50. The maximum absolute atomic E-state index is 12.7. The lowest BCUT2D eigenvalue weighted by Crippen LogP contribution is -2.39. The minimum atomic E-state index is -1.06. The van der Waals surface area contributed by atoms with Gasteiger partial charge >= 0.3 is 6.09 Å². The monoisotopic (exact) mass is 404 g/mol. The van der Waals surface area contributed by atoms with Gasteiger partial charge < -0.3 is 29.6 Å². The van der Waals surface area contributed by atoms with E-state index in [9.17, 15) is 9.59 Å². The second-order valence-corrected chi connectivity index (χ2v) is 7.13. The van der Waals surface area contributed by atoms with Crippen LogP contribution in [-0.2, 0) is 28.9 Å². The fraction of sp³-hybridized carbons (Fsp3) is 0.526. The summed E-state index contributed by atoms with van der Waals surface area (Å²) < 4.78 is 18.5. The molecule has 3 heterocycles. The van der Waals surface area contributed by atoms with Crippen molar-refractivity contribution in [2.45, 2.75) is 32.4 Å². The Kier molecular flexibility index (Phi) is 5.54. The van der Waals surface area contributed by atoms with Crippen LogP contribution in [0.1, 0.15) is 27.4 Å². The summed E-state index contributed by atoms with van der Waals surface area (Å²) in [7, 11) is 0. The maximum Gasteiger partial charge on any atom is 0.404 e. The zero-order chi connectivity index (χ0) is 20.4. The van der Waals surface area contributed by atoms with E-state index >= 15 is 0 Å². The van der Waals surface area contributed by atoms with Gasteiger partial charge in [-0.15, -0.1) is 0 Å². The summed E-state index contributed by atoms with van der Waals surface area (Å²) in [6.07, 6.45) is 2.16. The van der Waals surface area contributed by atoms with E-state index in [2.05, 4.69) is 15.7 Å². The smallest absolute Gasteiger partial charge is 0.404 e. The molecule has 1 saturated heterocycles. The maximum atomic E-state index is 12.7. The number of fused-ring (bicyclic) bond motifs is 3. The molecular formula is C19H24N4O6. The summed E-state index contributed by atoms with van der Waals surface area (Å²) in [5.41, 5.74) is 3.48. The molecule has 29 heavy (non-hydrogen) atoms. The Morgan fingerprint density at radius 3 is 2.93 bits per heavy atom. The molecule has 0 spiro atoms. The molecule has 0 radical (unpaired) electrons. The fourth-order valence-electron chi connectivity index (χ4n) is 3.71. The number of rotatable bonds is 6. The SMILES string of the molecule is Cc1c(C(=O)NC[C@@H]2COCCO2)oc2c1-c1nn(CCNC(=O)O)cc1CC2. The van der Waals surface area contributed by atoms with Crippen molar-refractivity contribution in [3.8, 4) is 11.3 Å². The van der Waals surface area contributed by atoms with Gasteiger partial charge in [0.1, 0.15) is 5.76 Å². The van der Waals surface area contributed by atoms with E-state index in [0.29, 0.717) is 45.1 Å². The van der Waals surface area contributed by atoms with Gasteiger partial charge in [-0.1, -0.05) is 0 Å². The normalized spacial score (nSPS) is 18.0. The number of ether oxygens (including phenoxy) is 2. The van der Waals surface area contributed by atoms with Crippen LogP contribution in [-0.4, -0.2) is 65.9 Å². The average molecular weight is 404 g/mol. The van der Waals surface area contributed by atoms with E-state index in [-0.39, 0.29) is 18.6 Å². The van der Waals surface area contributed by atoms with Crippen LogP contribution in [0.25, 0.3) is 11.3 Å². The molecule has 1 aliphatic carbocycles. The number of aromatic nitrogens is 2. The zero-order valence-corrected chi connectivity index (χ0v) is 16.2. The molecule has 3 N–H and O–H groups in total. The van der Waals surface area contributed by atoms with Gasteiger partial charge in [0.25, 0.3) is 5.91 Å². The highest BCUT2D eigenvalue weighted by Crippen LogP contribution is 2.38. The van der Waals surface area contributed by atoms with E-state index in [1.54, 1.807) is 4.68 Å². The average Bonchev–Trinajstić information content (AvgIpc) is 3.27. The second-order valence-electron chi connectivity index (χ2n) is 7.13. The van der Waals surface area contributed by atoms with Crippen LogP contribution in [0.15, 0.2) is 10.6 Å². The van der Waals surface area contributed by atoms with Crippen molar-refractivity contribution in [1.29, 1.82) is 0 Å². The number of nitrogens with one attached hydrogen (secondary N) is 2. The number of hydrogen-bond acceptors (Lipinski definition) is 6. The van der Waals surface area contributed by atoms with Gasteiger partial charge in [-0.25, -0.2) is 4.79 Å². The predicted molar refractivity (Wildman–Crippen MR) is 101 cm³/mol. The Bertz CT molecular complexity index is 912. The molecule has 10 nitrogen and oxygen atoms in total. The molecule has 1 fully saturated rings. The van der Waals surface area contributed by atoms with Crippen LogP contribution in [0.4, 0.5) is 4.79 Å². The molecule has 4 rings (SSSR count). The topological polar surface area (TPSA) is 128 Å². The van der Waals surface area contributed by atoms with E-state index in [1.165, 1.54) is 0 Å². The number of nitrogens with zero attached hydrogens (tertiary/aromatic N) is 2. The third-order valence-electron chi connectivity index (χ3n) is 5.11. The number of carbonyl (C=O) groups excluding carboxylic acids is 1. The first-order valence-electron chi connectivity index (χ1n) is 9.66. The lowest BCUT2D eigenvalue weighted by atomic mass is 9.93. The largest absolute Gasteiger partial charge is 0.465 e. The third kappa shape index (κ3) is 4.13. The summed E-state index contributed by atoms with van der Waals surface area (Å²) in [4.78, 5) is 23.3. The van der Waals surface area contributed by atoms with Crippen LogP contribution in [0.3, 0.4) is 0 Å². The van der Waals surface area contributed by atoms with Crippen LogP contribution in [0.5, 0.6) is 0 Å². The quantitative estimate of drug-likeness (QED) is 0.654. The number of carboxylic acid groups (broad SMARTS) is 1. The molecule has 2 aromatic rings. The number of carbonyl (C=O) groups is 2. The van der Waals surface area contributed by atoms with Gasteiger partial charge in [0.15, 0.2) is 5.76 Å². The number of furan rings is 1. The van der Waals surface area contributed by atoms with Crippen LogP contribution < -0.4 is 10.6 Å². The lowest BCUT2D eigenvalue weighted by molar-refractivity contribution is -0.0856. The van der Waals surface area contributed by atoms with Gasteiger partial charge in [0.05, 0.1) is 38.2 Å². The predicted octanol–water partition coefficient (Wildman–Crippen LogP) is 0.963. The van der Waals surface area contributed by atoms with E-state index in [1.807, 2.05) is 13.1 Å². The zero-order valence-electron chi connectivity index (χ0n) is 16.2. The van der Waals surface area contributed by atoms with Gasteiger partial charge in [0.2, 0.25) is 0 Å². The first-order valence-corrected chi connectivity index (χ1v) is 9.66. The molecular weight excluding hydrogens is 380 g/mol. The molecule has 1 atom stereocenters. The van der Waals surface area contributed by atoms with Crippen LogP contribution in [0, 0.1) is 6.92 Å². The number of amides is 2. The van der Waals surface area contributed by atoms with Crippen molar-refractivity contribution in [2.75, 3.05) is 32.9 Å². The van der Waals surface area contributed by atoms with Crippen LogP contribution >= 0.6 is 0 Å². The Balaban J connectivity index is 1.48. The molecule has 2 aromatic heterocycles. The molecule has 1 aliphatic heterocycles. The minimum Gasteiger partial charge on any atom is -0.465 e. The highest BCUT2D eigenvalue weighted by molar-refractivity contribution is 5.95. The lowest BCUT2D eigenvalue weighted by Gasteiger charge is -2.22. The summed E-state index contributed by atoms with van der Waals surface area (Å²) >= 11 is 0. The molecule has 156 valence electrons. The van der Waals surface area contributed by atoms with Gasteiger partial charge in [-0.05, 0) is 18.9 Å². The summed E-state index contributed by atoms with van der Waals surface area (Å²) in [5, 5.41) is 18.5. The molecule has 0 unspecified atom stereocenters. The molecule has 0 bridgehead atoms. The molecule has 2 amide bonds. The Morgan fingerprint density at radius 2 is 2.17 bits per heavy atom. The van der Waals surface area contributed by atoms with E-state index in [0.717, 1.165) is 34.6 Å². The Morgan fingerprint density at radius 1 is 1.31 bits per heavy atom. The molecule has 0 aromatic carbocycles. The van der Waals surface area contributed by atoms with Gasteiger partial charge in [-0.2, -0.15) is 5.10 Å². The van der Waals surface area contributed by atoms with Crippen LogP contribution in [0.2, 0.25) is 0 Å². The van der Waals surface area contributed by atoms with Crippen molar-refractivity contribution >= 4 is 12.0 Å². The highest BCUT2D eigenvalue weighted by atomic mass is 16.6. The fourth-order valence-corrected chi connectivity index (χ4v) is 3.71. The van der Waals surface area contributed by atoms with Crippen molar-refractivity contribution in [1.82, 2.24) is 20.4 Å². The first kappa shape index (κ1) is 19.5. The third-order valence-corrected chi connectivity index (χ3v) is 5.11. The molecule has 10 heteroatoms.